The molecule has 0 radical (unpaired) electrons. The standard InChI is InChI=1S/C17H22N2O2/c18-13-15(12-14-6-2-1-3-7-14)17(21)19-10-4-8-16(19)9-5-11-20/h1-3,6-7,15-16,20H,4-5,8-12H2. The number of rotatable bonds is 6. The van der Waals surface area contributed by atoms with Crippen LogP contribution in [0.15, 0.2) is 30.3 Å². The Labute approximate surface area is 126 Å². The molecule has 21 heavy (non-hydrogen) atoms. The molecule has 2 atom stereocenters. The van der Waals surface area contributed by atoms with Crippen LogP contribution in [-0.4, -0.2) is 35.1 Å². The molecule has 1 heterocycles. The van der Waals surface area contributed by atoms with Crippen molar-refractivity contribution >= 4 is 5.91 Å². The van der Waals surface area contributed by atoms with E-state index < -0.39 is 5.92 Å². The van der Waals surface area contributed by atoms with Gasteiger partial charge in [0.1, 0.15) is 5.92 Å². The second-order valence-corrected chi connectivity index (χ2v) is 5.56. The highest BCUT2D eigenvalue weighted by Crippen LogP contribution is 2.24. The Kier molecular flexibility index (Phi) is 5.77. The molecule has 1 aromatic carbocycles. The Morgan fingerprint density at radius 2 is 2.19 bits per heavy atom. The quantitative estimate of drug-likeness (QED) is 0.871. The van der Waals surface area contributed by atoms with Gasteiger partial charge in [-0.2, -0.15) is 5.26 Å². The number of aliphatic hydroxyl groups excluding tert-OH is 1. The first-order valence-corrected chi connectivity index (χ1v) is 7.61. The van der Waals surface area contributed by atoms with Crippen LogP contribution in [-0.2, 0) is 11.2 Å². The molecule has 2 rings (SSSR count). The molecule has 1 aliphatic heterocycles. The van der Waals surface area contributed by atoms with Gasteiger partial charge < -0.3 is 10.0 Å². The number of likely N-dealkylation sites (tertiary alicyclic amines) is 1. The van der Waals surface area contributed by atoms with Crippen LogP contribution < -0.4 is 0 Å². The molecule has 1 saturated heterocycles. The number of carbonyl (C=O) groups is 1. The lowest BCUT2D eigenvalue weighted by Crippen LogP contribution is -2.40. The number of hydrogen-bond acceptors (Lipinski definition) is 3. The number of hydrogen-bond donors (Lipinski definition) is 1. The summed E-state index contributed by atoms with van der Waals surface area (Å²) in [6.07, 6.45) is 3.98. The Morgan fingerprint density at radius 1 is 1.43 bits per heavy atom. The zero-order valence-electron chi connectivity index (χ0n) is 12.2. The summed E-state index contributed by atoms with van der Waals surface area (Å²) < 4.78 is 0. The summed E-state index contributed by atoms with van der Waals surface area (Å²) in [6.45, 7) is 0.895. The summed E-state index contributed by atoms with van der Waals surface area (Å²) in [5.41, 5.74) is 1.02. The highest BCUT2D eigenvalue weighted by Gasteiger charge is 2.32. The van der Waals surface area contributed by atoms with Crippen LogP contribution in [0.4, 0.5) is 0 Å². The fourth-order valence-electron chi connectivity index (χ4n) is 2.99. The largest absolute Gasteiger partial charge is 0.396 e. The van der Waals surface area contributed by atoms with Crippen molar-refractivity contribution in [2.75, 3.05) is 13.2 Å². The fraction of sp³-hybridized carbons (Fsp3) is 0.529. The molecule has 0 aliphatic carbocycles. The van der Waals surface area contributed by atoms with Crippen molar-refractivity contribution < 1.29 is 9.90 Å². The lowest BCUT2D eigenvalue weighted by Gasteiger charge is -2.26. The zero-order valence-corrected chi connectivity index (χ0v) is 12.2. The maximum Gasteiger partial charge on any atom is 0.240 e. The van der Waals surface area contributed by atoms with Gasteiger partial charge in [0, 0.05) is 19.2 Å². The van der Waals surface area contributed by atoms with Gasteiger partial charge in [-0.3, -0.25) is 4.79 Å². The molecule has 4 nitrogen and oxygen atoms in total. The third-order valence-corrected chi connectivity index (χ3v) is 4.09. The van der Waals surface area contributed by atoms with Crippen molar-refractivity contribution in [3.8, 4) is 6.07 Å². The Balaban J connectivity index is 2.01. The third kappa shape index (κ3) is 4.05. The third-order valence-electron chi connectivity index (χ3n) is 4.09. The highest BCUT2D eigenvalue weighted by molar-refractivity contribution is 5.82. The summed E-state index contributed by atoms with van der Waals surface area (Å²) in [5, 5.41) is 18.3. The minimum atomic E-state index is -0.609. The van der Waals surface area contributed by atoms with E-state index in [1.807, 2.05) is 35.2 Å². The molecule has 0 bridgehead atoms. The SMILES string of the molecule is N#CC(Cc1ccccc1)C(=O)N1CCCC1CCCO. The van der Waals surface area contributed by atoms with E-state index in [0.29, 0.717) is 12.8 Å². The monoisotopic (exact) mass is 286 g/mol. The molecule has 0 aromatic heterocycles. The fourth-order valence-corrected chi connectivity index (χ4v) is 2.99. The molecule has 1 aromatic rings. The van der Waals surface area contributed by atoms with Crippen molar-refractivity contribution in [2.24, 2.45) is 5.92 Å². The van der Waals surface area contributed by atoms with E-state index in [1.54, 1.807) is 0 Å². The molecule has 112 valence electrons. The van der Waals surface area contributed by atoms with Gasteiger partial charge >= 0.3 is 0 Å². The number of nitrogens with zero attached hydrogens (tertiary/aromatic N) is 2. The van der Waals surface area contributed by atoms with E-state index in [1.165, 1.54) is 0 Å². The van der Waals surface area contributed by atoms with Crippen LogP contribution in [0.5, 0.6) is 0 Å². The minimum absolute atomic E-state index is 0.0539. The van der Waals surface area contributed by atoms with Crippen molar-refractivity contribution in [1.82, 2.24) is 4.90 Å². The normalized spacial score (nSPS) is 19.2. The second-order valence-electron chi connectivity index (χ2n) is 5.56. The zero-order chi connectivity index (χ0) is 15.1. The van der Waals surface area contributed by atoms with E-state index >= 15 is 0 Å². The van der Waals surface area contributed by atoms with Crippen LogP contribution in [0.2, 0.25) is 0 Å². The average molecular weight is 286 g/mol. The molecule has 2 unspecified atom stereocenters. The molecule has 1 amide bonds. The van der Waals surface area contributed by atoms with Crippen molar-refractivity contribution in [1.29, 1.82) is 5.26 Å². The molecule has 1 fully saturated rings. The smallest absolute Gasteiger partial charge is 0.240 e. The average Bonchev–Trinajstić information content (AvgIpc) is 2.99. The number of aliphatic hydroxyl groups is 1. The van der Waals surface area contributed by atoms with E-state index in [-0.39, 0.29) is 18.6 Å². The van der Waals surface area contributed by atoms with Gasteiger partial charge in [0.25, 0.3) is 0 Å². The summed E-state index contributed by atoms with van der Waals surface area (Å²) in [7, 11) is 0. The maximum absolute atomic E-state index is 12.6. The van der Waals surface area contributed by atoms with Crippen molar-refractivity contribution in [3.05, 3.63) is 35.9 Å². The maximum atomic E-state index is 12.6. The molecule has 4 heteroatoms. The minimum Gasteiger partial charge on any atom is -0.396 e. The van der Waals surface area contributed by atoms with Gasteiger partial charge in [0.05, 0.1) is 6.07 Å². The predicted octanol–water partition coefficient (Wildman–Crippen LogP) is 2.13. The lowest BCUT2D eigenvalue weighted by atomic mass is 9.98. The number of amides is 1. The molecule has 1 N–H and O–H groups in total. The van der Waals surface area contributed by atoms with Gasteiger partial charge in [-0.15, -0.1) is 0 Å². The van der Waals surface area contributed by atoms with E-state index in [0.717, 1.165) is 31.4 Å². The van der Waals surface area contributed by atoms with Crippen LogP contribution >= 0.6 is 0 Å². The Morgan fingerprint density at radius 3 is 2.86 bits per heavy atom. The van der Waals surface area contributed by atoms with E-state index in [2.05, 4.69) is 6.07 Å². The summed E-state index contributed by atoms with van der Waals surface area (Å²) in [4.78, 5) is 14.4. The van der Waals surface area contributed by atoms with Gasteiger partial charge in [-0.25, -0.2) is 0 Å². The van der Waals surface area contributed by atoms with Gasteiger partial charge in [0.2, 0.25) is 5.91 Å². The van der Waals surface area contributed by atoms with Crippen LogP contribution in [0.25, 0.3) is 0 Å². The first-order valence-electron chi connectivity index (χ1n) is 7.61. The van der Waals surface area contributed by atoms with Crippen LogP contribution in [0.3, 0.4) is 0 Å². The van der Waals surface area contributed by atoms with E-state index in [4.69, 9.17) is 5.11 Å². The molecule has 1 aliphatic rings. The van der Waals surface area contributed by atoms with Crippen molar-refractivity contribution in [3.63, 3.8) is 0 Å². The first-order chi connectivity index (χ1) is 10.3. The molecular weight excluding hydrogens is 264 g/mol. The van der Waals surface area contributed by atoms with Crippen LogP contribution in [0.1, 0.15) is 31.2 Å². The Bertz CT molecular complexity index is 495. The second kappa shape index (κ2) is 7.80. The van der Waals surface area contributed by atoms with Crippen molar-refractivity contribution in [2.45, 2.75) is 38.1 Å². The molecule has 0 saturated carbocycles. The summed E-state index contributed by atoms with van der Waals surface area (Å²) in [6, 6.07) is 12.0. The highest BCUT2D eigenvalue weighted by atomic mass is 16.3. The van der Waals surface area contributed by atoms with Gasteiger partial charge in [-0.05, 0) is 37.7 Å². The first kappa shape index (κ1) is 15.5. The number of benzene rings is 1. The topological polar surface area (TPSA) is 64.3 Å². The van der Waals surface area contributed by atoms with Crippen LogP contribution in [0, 0.1) is 17.2 Å². The van der Waals surface area contributed by atoms with E-state index in [9.17, 15) is 10.1 Å². The number of carbonyl (C=O) groups excluding carboxylic acids is 1. The molecule has 0 spiro atoms. The summed E-state index contributed by atoms with van der Waals surface area (Å²) in [5.74, 6) is -0.663. The predicted molar refractivity (Wildman–Crippen MR) is 80.3 cm³/mol. The Hall–Kier alpha value is -1.86. The van der Waals surface area contributed by atoms with Gasteiger partial charge in [0.15, 0.2) is 0 Å². The van der Waals surface area contributed by atoms with Gasteiger partial charge in [-0.1, -0.05) is 30.3 Å². The molecular formula is C17H22N2O2. The number of nitriles is 1. The summed E-state index contributed by atoms with van der Waals surface area (Å²) >= 11 is 0. The lowest BCUT2D eigenvalue weighted by molar-refractivity contribution is -0.134.